The van der Waals surface area contributed by atoms with E-state index in [0.29, 0.717) is 16.6 Å². The molecule has 6 heteroatoms. The predicted octanol–water partition coefficient (Wildman–Crippen LogP) is 3.37. The lowest BCUT2D eigenvalue weighted by molar-refractivity contribution is -0.137. The van der Waals surface area contributed by atoms with Gasteiger partial charge in [-0.25, -0.2) is 0 Å². The zero-order valence-corrected chi connectivity index (χ0v) is 11.0. The van der Waals surface area contributed by atoms with E-state index in [1.807, 2.05) is 0 Å². The van der Waals surface area contributed by atoms with E-state index in [4.69, 9.17) is 4.74 Å². The van der Waals surface area contributed by atoms with E-state index in [1.165, 1.54) is 13.2 Å². The molecule has 0 radical (unpaired) electrons. The highest BCUT2D eigenvalue weighted by molar-refractivity contribution is 9.10. The molecular formula is C11H13BrF3NO. The van der Waals surface area contributed by atoms with Crippen molar-refractivity contribution in [2.24, 2.45) is 0 Å². The Morgan fingerprint density at radius 2 is 2.06 bits per heavy atom. The van der Waals surface area contributed by atoms with Gasteiger partial charge in [0.25, 0.3) is 0 Å². The maximum atomic E-state index is 12.6. The summed E-state index contributed by atoms with van der Waals surface area (Å²) < 4.78 is 43.3. The van der Waals surface area contributed by atoms with Crippen LogP contribution in [-0.4, -0.2) is 20.8 Å². The van der Waals surface area contributed by atoms with Gasteiger partial charge in [-0.3, -0.25) is 0 Å². The summed E-state index contributed by atoms with van der Waals surface area (Å²) in [6.45, 7) is 0.302. The molecule has 96 valence electrons. The van der Waals surface area contributed by atoms with Gasteiger partial charge in [0.05, 0.1) is 18.2 Å². The lowest BCUT2D eigenvalue weighted by Crippen LogP contribution is -2.22. The summed E-state index contributed by atoms with van der Waals surface area (Å²) in [4.78, 5) is 0. The van der Waals surface area contributed by atoms with Crippen LogP contribution in [0.4, 0.5) is 13.2 Å². The van der Waals surface area contributed by atoms with Gasteiger partial charge >= 0.3 is 6.18 Å². The minimum absolute atomic E-state index is 0.281. The molecule has 0 fully saturated rings. The molecule has 0 amide bonds. The number of ether oxygens (including phenoxy) is 1. The van der Waals surface area contributed by atoms with Crippen LogP contribution >= 0.6 is 15.9 Å². The fourth-order valence-electron chi connectivity index (χ4n) is 1.48. The first-order chi connectivity index (χ1) is 7.90. The Bertz CT molecular complexity index is 381. The third kappa shape index (κ3) is 3.69. The highest BCUT2D eigenvalue weighted by Gasteiger charge is 2.31. The predicted molar refractivity (Wildman–Crippen MR) is 62.8 cm³/mol. The molecule has 0 saturated carbocycles. The van der Waals surface area contributed by atoms with Crippen molar-refractivity contribution in [3.05, 3.63) is 33.8 Å². The Labute approximate surface area is 106 Å². The summed E-state index contributed by atoms with van der Waals surface area (Å²) in [5, 5.41) is 2.92. The van der Waals surface area contributed by atoms with Gasteiger partial charge in [-0.15, -0.1) is 0 Å². The van der Waals surface area contributed by atoms with E-state index >= 15 is 0 Å². The maximum absolute atomic E-state index is 12.6. The molecule has 2 nitrogen and oxygen atoms in total. The van der Waals surface area contributed by atoms with Crippen LogP contribution in [0.15, 0.2) is 22.7 Å². The van der Waals surface area contributed by atoms with Crippen molar-refractivity contribution < 1.29 is 17.9 Å². The molecule has 0 heterocycles. The summed E-state index contributed by atoms with van der Waals surface area (Å²) in [6, 6.07) is 3.30. The quantitative estimate of drug-likeness (QED) is 0.920. The summed E-state index contributed by atoms with van der Waals surface area (Å²) >= 11 is 3.25. The molecule has 17 heavy (non-hydrogen) atoms. The Morgan fingerprint density at radius 3 is 2.53 bits per heavy atom. The van der Waals surface area contributed by atoms with Crippen LogP contribution in [0.5, 0.6) is 0 Å². The standard InChI is InChI=1S/C11H13BrF3NO/c1-16-10(6-17-2)8-5-7(11(13,14)15)3-4-9(8)12/h3-5,10,16H,6H2,1-2H3. The van der Waals surface area contributed by atoms with Crippen LogP contribution < -0.4 is 5.32 Å². The zero-order chi connectivity index (χ0) is 13.1. The molecule has 1 N–H and O–H groups in total. The van der Waals surface area contributed by atoms with Gasteiger partial charge in [-0.05, 0) is 30.8 Å². The lowest BCUT2D eigenvalue weighted by Gasteiger charge is -2.19. The molecular weight excluding hydrogens is 299 g/mol. The fourth-order valence-corrected chi connectivity index (χ4v) is 2.01. The van der Waals surface area contributed by atoms with Crippen molar-refractivity contribution in [1.82, 2.24) is 5.32 Å². The molecule has 0 aromatic heterocycles. The Morgan fingerprint density at radius 1 is 1.41 bits per heavy atom. The molecule has 0 aliphatic carbocycles. The fraction of sp³-hybridized carbons (Fsp3) is 0.455. The molecule has 0 aliphatic rings. The number of alkyl halides is 3. The van der Waals surface area contributed by atoms with Gasteiger partial charge in [-0.1, -0.05) is 15.9 Å². The summed E-state index contributed by atoms with van der Waals surface area (Å²) in [7, 11) is 3.18. The van der Waals surface area contributed by atoms with Crippen LogP contribution in [-0.2, 0) is 10.9 Å². The number of hydrogen-bond donors (Lipinski definition) is 1. The average Bonchev–Trinajstić information content (AvgIpc) is 2.25. The Kier molecular flexibility index (Phi) is 4.97. The van der Waals surface area contributed by atoms with Gasteiger partial charge in [0.2, 0.25) is 0 Å². The second-order valence-electron chi connectivity index (χ2n) is 3.53. The molecule has 1 unspecified atom stereocenters. The van der Waals surface area contributed by atoms with Crippen LogP contribution in [0.1, 0.15) is 17.2 Å². The zero-order valence-electron chi connectivity index (χ0n) is 9.44. The summed E-state index contributed by atoms with van der Waals surface area (Å²) in [6.07, 6.45) is -4.33. The number of likely N-dealkylation sites (N-methyl/N-ethyl adjacent to an activating group) is 1. The first kappa shape index (κ1) is 14.5. The van der Waals surface area contributed by atoms with Crippen molar-refractivity contribution in [3.8, 4) is 0 Å². The Balaban J connectivity index is 3.13. The molecule has 1 aromatic rings. The van der Waals surface area contributed by atoms with Crippen molar-refractivity contribution in [3.63, 3.8) is 0 Å². The van der Waals surface area contributed by atoms with Gasteiger partial charge in [0.1, 0.15) is 0 Å². The topological polar surface area (TPSA) is 21.3 Å². The van der Waals surface area contributed by atoms with Gasteiger partial charge in [-0.2, -0.15) is 13.2 Å². The van der Waals surface area contributed by atoms with Gasteiger partial charge in [0.15, 0.2) is 0 Å². The third-order valence-electron chi connectivity index (χ3n) is 2.38. The van der Waals surface area contributed by atoms with E-state index < -0.39 is 11.7 Å². The maximum Gasteiger partial charge on any atom is 0.416 e. The van der Waals surface area contributed by atoms with E-state index in [0.717, 1.165) is 12.1 Å². The third-order valence-corrected chi connectivity index (χ3v) is 3.10. The van der Waals surface area contributed by atoms with Crippen LogP contribution in [0.2, 0.25) is 0 Å². The van der Waals surface area contributed by atoms with Crippen molar-refractivity contribution in [2.45, 2.75) is 12.2 Å². The molecule has 0 spiro atoms. The minimum atomic E-state index is -4.33. The average molecular weight is 312 g/mol. The second-order valence-corrected chi connectivity index (χ2v) is 4.38. The molecule has 0 bridgehead atoms. The summed E-state index contributed by atoms with van der Waals surface area (Å²) in [5.74, 6) is 0. The SMILES string of the molecule is CNC(COC)c1cc(C(F)(F)F)ccc1Br. The number of halogens is 4. The van der Waals surface area contributed by atoms with Gasteiger partial charge in [0, 0.05) is 11.6 Å². The monoisotopic (exact) mass is 311 g/mol. The highest BCUT2D eigenvalue weighted by Crippen LogP contribution is 2.33. The number of nitrogens with one attached hydrogen (secondary N) is 1. The van der Waals surface area contributed by atoms with E-state index in [9.17, 15) is 13.2 Å². The Hall–Kier alpha value is -0.590. The van der Waals surface area contributed by atoms with E-state index in [2.05, 4.69) is 21.2 Å². The lowest BCUT2D eigenvalue weighted by atomic mass is 10.0. The van der Waals surface area contributed by atoms with Crippen molar-refractivity contribution >= 4 is 15.9 Å². The van der Waals surface area contributed by atoms with E-state index in [1.54, 1.807) is 7.05 Å². The van der Waals surface area contributed by atoms with Crippen molar-refractivity contribution in [2.75, 3.05) is 20.8 Å². The number of methoxy groups -OCH3 is 1. The molecule has 1 rings (SSSR count). The minimum Gasteiger partial charge on any atom is -0.383 e. The number of hydrogen-bond acceptors (Lipinski definition) is 2. The first-order valence-corrected chi connectivity index (χ1v) is 5.72. The highest BCUT2D eigenvalue weighted by atomic mass is 79.9. The van der Waals surface area contributed by atoms with Crippen LogP contribution in [0.25, 0.3) is 0 Å². The van der Waals surface area contributed by atoms with Crippen LogP contribution in [0.3, 0.4) is 0 Å². The number of benzene rings is 1. The van der Waals surface area contributed by atoms with Gasteiger partial charge < -0.3 is 10.1 Å². The second kappa shape index (κ2) is 5.84. The first-order valence-electron chi connectivity index (χ1n) is 4.93. The summed E-state index contributed by atoms with van der Waals surface area (Å²) in [5.41, 5.74) is -0.128. The smallest absolute Gasteiger partial charge is 0.383 e. The molecule has 0 saturated heterocycles. The van der Waals surface area contributed by atoms with Crippen molar-refractivity contribution in [1.29, 1.82) is 0 Å². The van der Waals surface area contributed by atoms with Crippen LogP contribution in [0, 0.1) is 0 Å². The van der Waals surface area contributed by atoms with E-state index in [-0.39, 0.29) is 6.04 Å². The largest absolute Gasteiger partial charge is 0.416 e. The molecule has 0 aliphatic heterocycles. The molecule has 1 atom stereocenters. The molecule has 1 aromatic carbocycles. The normalized spacial score (nSPS) is 13.8. The number of rotatable bonds is 4.